The number of aliphatic hydroxyl groups excluding tert-OH is 1. The first-order valence-corrected chi connectivity index (χ1v) is 16.2. The molecule has 1 saturated heterocycles. The normalized spacial score (nSPS) is 17.7. The maximum absolute atomic E-state index is 12.5. The van der Waals surface area contributed by atoms with Crippen molar-refractivity contribution in [1.82, 2.24) is 10.3 Å². The number of carbonyl (C=O) groups excluding carboxylic acids is 1. The first-order chi connectivity index (χ1) is 22.6. The molecule has 1 aliphatic rings. The van der Waals surface area contributed by atoms with Gasteiger partial charge in [0.25, 0.3) is 5.91 Å². The minimum atomic E-state index is -0.539. The summed E-state index contributed by atoms with van der Waals surface area (Å²) < 4.78 is 18.7. The average molecular weight is 633 g/mol. The Morgan fingerprint density at radius 2 is 1.70 bits per heavy atom. The highest BCUT2D eigenvalue weighted by molar-refractivity contribution is 7.99. The Kier molecular flexibility index (Phi) is 10.4. The van der Waals surface area contributed by atoms with Crippen LogP contribution in [0.15, 0.2) is 126 Å². The fraction of sp³-hybridized carbons (Fsp3) is 0.211. The number of ether oxygens (including phenoxy) is 3. The van der Waals surface area contributed by atoms with Crippen LogP contribution in [0.3, 0.4) is 0 Å². The molecule has 1 aromatic heterocycles. The van der Waals surface area contributed by atoms with Gasteiger partial charge in [0.2, 0.25) is 0 Å². The highest BCUT2D eigenvalue weighted by Crippen LogP contribution is 2.40. The van der Waals surface area contributed by atoms with E-state index >= 15 is 0 Å². The van der Waals surface area contributed by atoms with Gasteiger partial charge in [-0.2, -0.15) is 0 Å². The number of nitrogens with zero attached hydrogens (tertiary/aromatic N) is 1. The van der Waals surface area contributed by atoms with Gasteiger partial charge in [0, 0.05) is 41.6 Å². The molecule has 234 valence electrons. The number of benzene rings is 4. The Morgan fingerprint density at radius 1 is 0.891 bits per heavy atom. The van der Waals surface area contributed by atoms with Gasteiger partial charge in [-0.05, 0) is 58.1 Å². The Balaban J connectivity index is 1.16. The second kappa shape index (κ2) is 15.2. The van der Waals surface area contributed by atoms with Crippen LogP contribution in [0.25, 0.3) is 11.1 Å². The van der Waals surface area contributed by atoms with Crippen LogP contribution in [0.2, 0.25) is 0 Å². The van der Waals surface area contributed by atoms with Crippen molar-refractivity contribution < 1.29 is 24.1 Å². The van der Waals surface area contributed by atoms with Crippen molar-refractivity contribution in [2.75, 3.05) is 12.9 Å². The van der Waals surface area contributed by atoms with Crippen LogP contribution in [0.4, 0.5) is 0 Å². The zero-order valence-electron chi connectivity index (χ0n) is 25.5. The van der Waals surface area contributed by atoms with Gasteiger partial charge >= 0.3 is 0 Å². The molecule has 0 radical (unpaired) electrons. The van der Waals surface area contributed by atoms with Crippen molar-refractivity contribution in [3.8, 4) is 16.9 Å². The number of thioether (sulfide) groups is 1. The fourth-order valence-electron chi connectivity index (χ4n) is 5.42. The topological polar surface area (TPSA) is 89.9 Å². The average Bonchev–Trinajstić information content (AvgIpc) is 3.13. The molecular formula is C38H36N2O5S. The standard InChI is InChI=1S/C38H36N2O5S/c1-43-34-9-2-3-10-36(34)46-25-33-21-35(29-13-11-26(24-41)12-14-29)45-38(44-33)30-17-15-28(16-18-30)31-7-4-6-27(20-31)22-40-37(42)32-8-5-19-39-23-32/h2-20,23,33,35,38,41H,21-22,24-25H2,1H3,(H,40,42)/t33-,35+,38+/m1/s1. The van der Waals surface area contributed by atoms with E-state index in [1.807, 2.05) is 54.6 Å². The molecule has 0 spiro atoms. The summed E-state index contributed by atoms with van der Waals surface area (Å²) in [7, 11) is 1.69. The number of aromatic nitrogens is 1. The first kappa shape index (κ1) is 31.5. The van der Waals surface area contributed by atoms with E-state index in [-0.39, 0.29) is 24.7 Å². The van der Waals surface area contributed by atoms with E-state index < -0.39 is 6.29 Å². The summed E-state index contributed by atoms with van der Waals surface area (Å²) >= 11 is 1.72. The van der Waals surface area contributed by atoms with Gasteiger partial charge in [0.05, 0.1) is 31.5 Å². The zero-order chi connectivity index (χ0) is 31.7. The molecule has 2 heterocycles. The van der Waals surface area contributed by atoms with Gasteiger partial charge < -0.3 is 24.6 Å². The Labute approximate surface area is 273 Å². The largest absolute Gasteiger partial charge is 0.496 e. The molecule has 1 amide bonds. The van der Waals surface area contributed by atoms with E-state index in [1.54, 1.807) is 43.4 Å². The number of methoxy groups -OCH3 is 1. The molecule has 8 heteroatoms. The van der Waals surface area contributed by atoms with E-state index in [0.717, 1.165) is 49.8 Å². The molecule has 46 heavy (non-hydrogen) atoms. The molecule has 3 atom stereocenters. The first-order valence-electron chi connectivity index (χ1n) is 15.2. The molecule has 2 N–H and O–H groups in total. The number of hydrogen-bond acceptors (Lipinski definition) is 7. The van der Waals surface area contributed by atoms with Gasteiger partial charge in [0.1, 0.15) is 5.75 Å². The van der Waals surface area contributed by atoms with E-state index in [9.17, 15) is 9.90 Å². The predicted octanol–water partition coefficient (Wildman–Crippen LogP) is 7.52. The van der Waals surface area contributed by atoms with E-state index in [4.69, 9.17) is 14.2 Å². The summed E-state index contributed by atoms with van der Waals surface area (Å²) in [6.07, 6.45) is 3.16. The van der Waals surface area contributed by atoms with Crippen LogP contribution in [-0.2, 0) is 22.6 Å². The maximum Gasteiger partial charge on any atom is 0.253 e. The van der Waals surface area contributed by atoms with Crippen molar-refractivity contribution in [3.05, 3.63) is 149 Å². The lowest BCUT2D eigenvalue weighted by atomic mass is 9.99. The molecule has 0 aliphatic carbocycles. The third-order valence-corrected chi connectivity index (χ3v) is 9.12. The van der Waals surface area contributed by atoms with Crippen LogP contribution in [0.5, 0.6) is 5.75 Å². The smallest absolute Gasteiger partial charge is 0.253 e. The van der Waals surface area contributed by atoms with Crippen molar-refractivity contribution in [2.45, 2.75) is 43.0 Å². The summed E-state index contributed by atoms with van der Waals surface area (Å²) in [5.74, 6) is 1.44. The maximum atomic E-state index is 12.5. The molecule has 0 bridgehead atoms. The summed E-state index contributed by atoms with van der Waals surface area (Å²) in [5.41, 5.74) is 6.51. The number of para-hydroxylation sites is 1. The lowest BCUT2D eigenvalue weighted by Gasteiger charge is -2.36. The lowest BCUT2D eigenvalue weighted by Crippen LogP contribution is -2.31. The minimum Gasteiger partial charge on any atom is -0.496 e. The third-order valence-electron chi connectivity index (χ3n) is 7.93. The Bertz CT molecular complexity index is 1730. The summed E-state index contributed by atoms with van der Waals surface area (Å²) in [4.78, 5) is 17.6. The molecule has 5 aromatic rings. The highest BCUT2D eigenvalue weighted by Gasteiger charge is 2.32. The number of hydrogen-bond donors (Lipinski definition) is 2. The number of amides is 1. The van der Waals surface area contributed by atoms with Gasteiger partial charge in [-0.25, -0.2) is 0 Å². The number of pyridine rings is 1. The molecule has 0 saturated carbocycles. The van der Waals surface area contributed by atoms with Crippen molar-refractivity contribution in [1.29, 1.82) is 0 Å². The van der Waals surface area contributed by atoms with E-state index in [1.165, 1.54) is 0 Å². The molecule has 1 fully saturated rings. The van der Waals surface area contributed by atoms with E-state index in [2.05, 4.69) is 52.8 Å². The molecule has 7 nitrogen and oxygen atoms in total. The number of carbonyl (C=O) groups is 1. The van der Waals surface area contributed by atoms with Crippen LogP contribution in [-0.4, -0.2) is 35.0 Å². The predicted molar refractivity (Wildman–Crippen MR) is 179 cm³/mol. The van der Waals surface area contributed by atoms with Crippen LogP contribution < -0.4 is 10.1 Å². The molecular weight excluding hydrogens is 596 g/mol. The van der Waals surface area contributed by atoms with E-state index in [0.29, 0.717) is 18.5 Å². The summed E-state index contributed by atoms with van der Waals surface area (Å²) in [5, 5.41) is 12.5. The van der Waals surface area contributed by atoms with Gasteiger partial charge in [0.15, 0.2) is 6.29 Å². The molecule has 6 rings (SSSR count). The molecule has 0 unspecified atom stereocenters. The Hall–Kier alpha value is -4.47. The monoisotopic (exact) mass is 632 g/mol. The fourth-order valence-corrected chi connectivity index (χ4v) is 6.47. The summed E-state index contributed by atoms with van der Waals surface area (Å²) in [6.45, 7) is 0.420. The Morgan fingerprint density at radius 3 is 2.46 bits per heavy atom. The van der Waals surface area contributed by atoms with Gasteiger partial charge in [-0.1, -0.05) is 78.9 Å². The lowest BCUT2D eigenvalue weighted by molar-refractivity contribution is -0.245. The van der Waals surface area contributed by atoms with Gasteiger partial charge in [-0.15, -0.1) is 11.8 Å². The second-order valence-corrected chi connectivity index (χ2v) is 12.1. The van der Waals surface area contributed by atoms with Crippen molar-refractivity contribution in [2.24, 2.45) is 0 Å². The zero-order valence-corrected chi connectivity index (χ0v) is 26.4. The van der Waals surface area contributed by atoms with Gasteiger partial charge in [-0.3, -0.25) is 9.78 Å². The number of rotatable bonds is 11. The number of aliphatic hydroxyl groups is 1. The summed E-state index contributed by atoms with van der Waals surface area (Å²) in [6, 6.07) is 35.9. The second-order valence-electron chi connectivity index (χ2n) is 11.1. The SMILES string of the molecule is COc1ccccc1SC[C@H]1C[C@@H](c2ccc(CO)cc2)O[C@@H](c2ccc(-c3cccc(CNC(=O)c4cccnc4)c3)cc2)O1. The highest BCUT2D eigenvalue weighted by atomic mass is 32.2. The van der Waals surface area contributed by atoms with Crippen molar-refractivity contribution in [3.63, 3.8) is 0 Å². The quantitative estimate of drug-likeness (QED) is 0.146. The number of nitrogens with one attached hydrogen (secondary N) is 1. The van der Waals surface area contributed by atoms with Crippen LogP contribution in [0.1, 0.15) is 51.4 Å². The van der Waals surface area contributed by atoms with Crippen LogP contribution >= 0.6 is 11.8 Å². The molecule has 4 aromatic carbocycles. The van der Waals surface area contributed by atoms with Crippen molar-refractivity contribution >= 4 is 17.7 Å². The molecule has 1 aliphatic heterocycles. The minimum absolute atomic E-state index is 0.00497. The van der Waals surface area contributed by atoms with Crippen LogP contribution in [0, 0.1) is 0 Å². The third kappa shape index (κ3) is 7.84.